The minimum absolute atomic E-state index is 0.759. The van der Waals surface area contributed by atoms with Gasteiger partial charge in [0.05, 0.1) is 0 Å². The summed E-state index contributed by atoms with van der Waals surface area (Å²) in [6.45, 7) is 1.12. The van der Waals surface area contributed by atoms with Gasteiger partial charge in [-0.2, -0.15) is 27.2 Å². The normalized spacial score (nSPS) is 13.3. The van der Waals surface area contributed by atoms with E-state index in [2.05, 4.69) is 4.74 Å². The van der Waals surface area contributed by atoms with Crippen molar-refractivity contribution in [2.45, 2.75) is 19.2 Å². The number of rotatable bonds is 2. The van der Waals surface area contributed by atoms with Crippen molar-refractivity contribution in [2.24, 2.45) is 0 Å². The topological polar surface area (TPSA) is 50.1 Å². The van der Waals surface area contributed by atoms with E-state index in [0.717, 1.165) is 19.1 Å². The number of nitrogens with zero attached hydrogens (tertiary/aromatic N) is 1. The first kappa shape index (κ1) is 13.4. The van der Waals surface area contributed by atoms with Crippen molar-refractivity contribution in [3.05, 3.63) is 11.6 Å². The summed E-state index contributed by atoms with van der Waals surface area (Å²) in [5.41, 5.74) is -0.932. The summed E-state index contributed by atoms with van der Waals surface area (Å²) in [5, 5.41) is 8.15. The number of hydrogen-bond acceptors (Lipinski definition) is 3. The number of nitriles is 1. The van der Waals surface area contributed by atoms with Gasteiger partial charge in [0.2, 0.25) is 0 Å². The molecule has 15 heavy (non-hydrogen) atoms. The van der Waals surface area contributed by atoms with Crippen LogP contribution in [0.4, 0.5) is 22.0 Å². The highest BCUT2D eigenvalue weighted by molar-refractivity contribution is 5.92. The van der Waals surface area contributed by atoms with Crippen molar-refractivity contribution in [1.82, 2.24) is 0 Å². The van der Waals surface area contributed by atoms with Crippen LogP contribution >= 0.6 is 0 Å². The number of halogens is 5. The Balaban J connectivity index is 4.78. The summed E-state index contributed by atoms with van der Waals surface area (Å²) in [6, 6.07) is 1.11. The molecule has 0 atom stereocenters. The van der Waals surface area contributed by atoms with E-state index < -0.39 is 23.8 Å². The molecule has 0 amide bonds. The lowest BCUT2D eigenvalue weighted by molar-refractivity contribution is -0.375. The molecule has 84 valence electrons. The molecule has 0 unspecified atom stereocenters. The average Bonchev–Trinajstić information content (AvgIpc) is 2.03. The van der Waals surface area contributed by atoms with E-state index in [9.17, 15) is 26.7 Å². The SMILES string of the molecule is CC=C(C#N)C(=O)OC(F)(F)C(F)(F)F. The molecule has 3 nitrogen and oxygen atoms in total. The maximum Gasteiger partial charge on any atom is 0.501 e. The molecule has 0 radical (unpaired) electrons. The van der Waals surface area contributed by atoms with Gasteiger partial charge in [-0.25, -0.2) is 4.79 Å². The highest BCUT2D eigenvalue weighted by atomic mass is 19.4. The number of alkyl halides is 5. The van der Waals surface area contributed by atoms with Crippen LogP contribution in [0.3, 0.4) is 0 Å². The van der Waals surface area contributed by atoms with Gasteiger partial charge in [0.1, 0.15) is 11.6 Å². The molecule has 0 spiro atoms. The van der Waals surface area contributed by atoms with E-state index >= 15 is 0 Å². The monoisotopic (exact) mass is 229 g/mol. The van der Waals surface area contributed by atoms with Gasteiger partial charge < -0.3 is 4.74 Å². The molecule has 0 heterocycles. The molecule has 0 aromatic heterocycles. The van der Waals surface area contributed by atoms with Crippen LogP contribution in [0.1, 0.15) is 6.92 Å². The Kier molecular flexibility index (Phi) is 3.78. The first-order valence-electron chi connectivity index (χ1n) is 3.40. The fraction of sp³-hybridized carbons (Fsp3) is 0.429. The van der Waals surface area contributed by atoms with Crippen LogP contribution in [0.2, 0.25) is 0 Å². The van der Waals surface area contributed by atoms with Crippen LogP contribution < -0.4 is 0 Å². The fourth-order valence-electron chi connectivity index (χ4n) is 0.457. The molecule has 0 fully saturated rings. The van der Waals surface area contributed by atoms with E-state index in [4.69, 9.17) is 5.26 Å². The highest BCUT2D eigenvalue weighted by Crippen LogP contribution is 2.36. The summed E-state index contributed by atoms with van der Waals surface area (Å²) in [6.07, 6.45) is -10.8. The lowest BCUT2D eigenvalue weighted by atomic mass is 10.3. The molecule has 0 aliphatic carbocycles. The molecule has 0 bridgehead atoms. The number of carbonyl (C=O) groups is 1. The molecule has 0 saturated carbocycles. The van der Waals surface area contributed by atoms with Crippen molar-refractivity contribution in [1.29, 1.82) is 5.26 Å². The second-order valence-corrected chi connectivity index (χ2v) is 2.22. The van der Waals surface area contributed by atoms with Crippen LogP contribution in [0, 0.1) is 11.3 Å². The third-order valence-corrected chi connectivity index (χ3v) is 1.18. The first-order chi connectivity index (χ1) is 6.65. The standard InChI is InChI=1S/C7H4F5NO2/c1-2-4(3-13)5(14)15-7(11,12)6(8,9)10/h2H,1H3. The van der Waals surface area contributed by atoms with E-state index in [1.807, 2.05) is 0 Å². The third-order valence-electron chi connectivity index (χ3n) is 1.18. The van der Waals surface area contributed by atoms with E-state index in [1.54, 1.807) is 0 Å². The van der Waals surface area contributed by atoms with Crippen LogP contribution in [0.15, 0.2) is 11.6 Å². The van der Waals surface area contributed by atoms with Gasteiger partial charge >= 0.3 is 18.3 Å². The Bertz CT molecular complexity index is 325. The van der Waals surface area contributed by atoms with E-state index in [-0.39, 0.29) is 0 Å². The number of carbonyl (C=O) groups excluding carboxylic acids is 1. The maximum atomic E-state index is 12.1. The Morgan fingerprint density at radius 2 is 1.80 bits per heavy atom. The van der Waals surface area contributed by atoms with Gasteiger partial charge in [0.25, 0.3) is 0 Å². The smallest absolute Gasteiger partial charge is 0.390 e. The van der Waals surface area contributed by atoms with Crippen LogP contribution in [0.25, 0.3) is 0 Å². The number of allylic oxidation sites excluding steroid dienone is 1. The lowest BCUT2D eigenvalue weighted by Gasteiger charge is -2.18. The third kappa shape index (κ3) is 3.19. The Labute approximate surface area is 80.7 Å². The number of esters is 1. The zero-order chi connectivity index (χ0) is 12.3. The number of ether oxygens (including phenoxy) is 1. The quantitative estimate of drug-likeness (QED) is 0.315. The Morgan fingerprint density at radius 3 is 2.07 bits per heavy atom. The van der Waals surface area contributed by atoms with Crippen LogP contribution in [-0.2, 0) is 9.53 Å². The van der Waals surface area contributed by atoms with E-state index in [0.29, 0.717) is 0 Å². The zero-order valence-corrected chi connectivity index (χ0v) is 7.23. The van der Waals surface area contributed by atoms with E-state index in [1.165, 1.54) is 0 Å². The molecule has 0 aromatic rings. The summed E-state index contributed by atoms with van der Waals surface area (Å²) in [7, 11) is 0. The van der Waals surface area contributed by atoms with Gasteiger partial charge in [-0.3, -0.25) is 0 Å². The molecular weight excluding hydrogens is 225 g/mol. The largest absolute Gasteiger partial charge is 0.501 e. The Hall–Kier alpha value is -1.65. The van der Waals surface area contributed by atoms with Gasteiger partial charge in [-0.05, 0) is 6.92 Å². The Morgan fingerprint density at radius 1 is 1.33 bits per heavy atom. The molecule has 0 aliphatic heterocycles. The summed E-state index contributed by atoms with van der Waals surface area (Å²) in [5.74, 6) is -2.03. The van der Waals surface area contributed by atoms with Gasteiger partial charge in [-0.1, -0.05) is 6.08 Å². The van der Waals surface area contributed by atoms with Crippen LogP contribution in [0.5, 0.6) is 0 Å². The van der Waals surface area contributed by atoms with Crippen LogP contribution in [-0.4, -0.2) is 18.3 Å². The number of hydrogen-bond donors (Lipinski definition) is 0. The molecule has 0 saturated heterocycles. The molecule has 0 aliphatic rings. The van der Waals surface area contributed by atoms with Gasteiger partial charge in [-0.15, -0.1) is 0 Å². The molecule has 8 heteroatoms. The summed E-state index contributed by atoms with van der Waals surface area (Å²) >= 11 is 0. The predicted octanol–water partition coefficient (Wildman–Crippen LogP) is 2.15. The lowest BCUT2D eigenvalue weighted by Crippen LogP contribution is -2.41. The van der Waals surface area contributed by atoms with Crippen molar-refractivity contribution in [2.75, 3.05) is 0 Å². The second kappa shape index (κ2) is 4.25. The van der Waals surface area contributed by atoms with Crippen molar-refractivity contribution in [3.8, 4) is 6.07 Å². The maximum absolute atomic E-state index is 12.1. The van der Waals surface area contributed by atoms with Crippen molar-refractivity contribution >= 4 is 5.97 Å². The highest BCUT2D eigenvalue weighted by Gasteiger charge is 2.62. The fourth-order valence-corrected chi connectivity index (χ4v) is 0.457. The minimum atomic E-state index is -6.00. The second-order valence-electron chi connectivity index (χ2n) is 2.22. The molecular formula is C7H4F5NO2. The molecule has 0 aromatic carbocycles. The van der Waals surface area contributed by atoms with Crippen molar-refractivity contribution in [3.63, 3.8) is 0 Å². The molecule has 0 N–H and O–H groups in total. The molecule has 0 rings (SSSR count). The zero-order valence-electron chi connectivity index (χ0n) is 7.23. The van der Waals surface area contributed by atoms with Gasteiger partial charge in [0, 0.05) is 0 Å². The predicted molar refractivity (Wildman–Crippen MR) is 36.5 cm³/mol. The van der Waals surface area contributed by atoms with Crippen molar-refractivity contribution < 1.29 is 31.5 Å². The van der Waals surface area contributed by atoms with Gasteiger partial charge in [0.15, 0.2) is 0 Å². The first-order valence-corrected chi connectivity index (χ1v) is 3.40. The minimum Gasteiger partial charge on any atom is -0.390 e. The summed E-state index contributed by atoms with van der Waals surface area (Å²) < 4.78 is 61.7. The summed E-state index contributed by atoms with van der Waals surface area (Å²) in [4.78, 5) is 10.6. The average molecular weight is 229 g/mol.